The fourth-order valence-electron chi connectivity index (χ4n) is 2.17. The van der Waals surface area contributed by atoms with Crippen LogP contribution in [-0.4, -0.2) is 11.8 Å². The number of amides is 2. The molecule has 0 spiro atoms. The van der Waals surface area contributed by atoms with Crippen LogP contribution >= 0.6 is 0 Å². The van der Waals surface area contributed by atoms with E-state index in [9.17, 15) is 9.59 Å². The Bertz CT molecular complexity index is 691. The van der Waals surface area contributed by atoms with E-state index in [1.807, 2.05) is 56.3 Å². The summed E-state index contributed by atoms with van der Waals surface area (Å²) < 4.78 is 0. The SMILES string of the molecule is CC(=O)Nc1ccc(CNC(=O)c2cc(C)ccc2C)cc1. The van der Waals surface area contributed by atoms with Gasteiger partial charge in [0.1, 0.15) is 0 Å². The molecule has 0 saturated carbocycles. The highest BCUT2D eigenvalue weighted by atomic mass is 16.2. The van der Waals surface area contributed by atoms with Gasteiger partial charge in [-0.2, -0.15) is 0 Å². The summed E-state index contributed by atoms with van der Waals surface area (Å²) in [7, 11) is 0. The van der Waals surface area contributed by atoms with Gasteiger partial charge in [-0.1, -0.05) is 29.8 Å². The van der Waals surface area contributed by atoms with Gasteiger partial charge in [-0.3, -0.25) is 9.59 Å². The maximum Gasteiger partial charge on any atom is 0.251 e. The molecule has 4 heteroatoms. The molecule has 0 aromatic heterocycles. The van der Waals surface area contributed by atoms with Crippen LogP contribution in [0.5, 0.6) is 0 Å². The van der Waals surface area contributed by atoms with Crippen LogP contribution in [0.25, 0.3) is 0 Å². The minimum Gasteiger partial charge on any atom is -0.348 e. The number of carbonyl (C=O) groups excluding carboxylic acids is 2. The average molecular weight is 296 g/mol. The van der Waals surface area contributed by atoms with Gasteiger partial charge in [0.2, 0.25) is 5.91 Å². The predicted molar refractivity (Wildman–Crippen MR) is 87.8 cm³/mol. The van der Waals surface area contributed by atoms with Gasteiger partial charge in [0.25, 0.3) is 5.91 Å². The lowest BCUT2D eigenvalue weighted by Crippen LogP contribution is -2.23. The smallest absolute Gasteiger partial charge is 0.251 e. The number of anilines is 1. The van der Waals surface area contributed by atoms with Crippen LogP contribution in [0.1, 0.15) is 34.0 Å². The van der Waals surface area contributed by atoms with Gasteiger partial charge in [0.05, 0.1) is 0 Å². The highest BCUT2D eigenvalue weighted by Crippen LogP contribution is 2.12. The van der Waals surface area contributed by atoms with E-state index in [1.54, 1.807) is 0 Å². The third kappa shape index (κ3) is 4.19. The van der Waals surface area contributed by atoms with Crippen molar-refractivity contribution in [1.29, 1.82) is 0 Å². The Morgan fingerprint density at radius 3 is 2.32 bits per heavy atom. The molecule has 0 saturated heterocycles. The van der Waals surface area contributed by atoms with Gasteiger partial charge in [-0.15, -0.1) is 0 Å². The van der Waals surface area contributed by atoms with Crippen molar-refractivity contribution in [3.05, 3.63) is 64.7 Å². The third-order valence-electron chi connectivity index (χ3n) is 3.37. The van der Waals surface area contributed by atoms with Crippen molar-refractivity contribution in [2.24, 2.45) is 0 Å². The van der Waals surface area contributed by atoms with E-state index in [1.165, 1.54) is 6.92 Å². The van der Waals surface area contributed by atoms with Crippen LogP contribution in [-0.2, 0) is 11.3 Å². The molecule has 4 nitrogen and oxygen atoms in total. The van der Waals surface area contributed by atoms with Gasteiger partial charge >= 0.3 is 0 Å². The summed E-state index contributed by atoms with van der Waals surface area (Å²) in [6.07, 6.45) is 0. The first-order chi connectivity index (χ1) is 10.5. The summed E-state index contributed by atoms with van der Waals surface area (Å²) in [6, 6.07) is 13.2. The van der Waals surface area contributed by atoms with Gasteiger partial charge < -0.3 is 10.6 Å². The maximum atomic E-state index is 12.2. The summed E-state index contributed by atoms with van der Waals surface area (Å²) in [5.74, 6) is -0.178. The van der Waals surface area contributed by atoms with Gasteiger partial charge in [0, 0.05) is 24.7 Å². The largest absolute Gasteiger partial charge is 0.348 e. The zero-order valence-corrected chi connectivity index (χ0v) is 13.1. The van der Waals surface area contributed by atoms with Gasteiger partial charge in [0.15, 0.2) is 0 Å². The van der Waals surface area contributed by atoms with Gasteiger partial charge in [-0.25, -0.2) is 0 Å². The van der Waals surface area contributed by atoms with Crippen molar-refractivity contribution in [3.8, 4) is 0 Å². The number of aryl methyl sites for hydroxylation is 2. The lowest BCUT2D eigenvalue weighted by atomic mass is 10.0. The summed E-state index contributed by atoms with van der Waals surface area (Å²) in [4.78, 5) is 23.2. The summed E-state index contributed by atoms with van der Waals surface area (Å²) >= 11 is 0. The van der Waals surface area contributed by atoms with Crippen molar-refractivity contribution in [1.82, 2.24) is 5.32 Å². The summed E-state index contributed by atoms with van der Waals surface area (Å²) in [6.45, 7) is 5.82. The van der Waals surface area contributed by atoms with Crippen molar-refractivity contribution >= 4 is 17.5 Å². The van der Waals surface area contributed by atoms with Crippen molar-refractivity contribution < 1.29 is 9.59 Å². The molecule has 2 aromatic carbocycles. The van der Waals surface area contributed by atoms with Crippen LogP contribution in [0.15, 0.2) is 42.5 Å². The van der Waals surface area contributed by atoms with Crippen molar-refractivity contribution in [3.63, 3.8) is 0 Å². The zero-order valence-electron chi connectivity index (χ0n) is 13.1. The molecule has 2 amide bonds. The molecule has 2 rings (SSSR count). The van der Waals surface area contributed by atoms with Crippen molar-refractivity contribution in [2.45, 2.75) is 27.3 Å². The molecule has 2 N–H and O–H groups in total. The minimum atomic E-state index is -0.101. The Morgan fingerprint density at radius 2 is 1.68 bits per heavy atom. The molecule has 0 fully saturated rings. The maximum absolute atomic E-state index is 12.2. The minimum absolute atomic E-state index is 0.0767. The Hall–Kier alpha value is -2.62. The molecule has 0 bridgehead atoms. The van der Waals surface area contributed by atoms with Crippen LogP contribution in [0.3, 0.4) is 0 Å². The Kier molecular flexibility index (Phi) is 4.94. The molecule has 0 aliphatic rings. The Balaban J connectivity index is 1.99. The van der Waals surface area contributed by atoms with E-state index in [0.29, 0.717) is 12.1 Å². The number of hydrogen-bond donors (Lipinski definition) is 2. The molecule has 0 radical (unpaired) electrons. The Labute approximate surface area is 130 Å². The first-order valence-corrected chi connectivity index (χ1v) is 7.17. The van der Waals surface area contributed by atoms with E-state index in [0.717, 1.165) is 22.4 Å². The van der Waals surface area contributed by atoms with E-state index in [4.69, 9.17) is 0 Å². The monoisotopic (exact) mass is 296 g/mol. The first kappa shape index (κ1) is 15.8. The highest BCUT2D eigenvalue weighted by molar-refractivity contribution is 5.95. The molecular weight excluding hydrogens is 276 g/mol. The molecule has 0 heterocycles. The number of hydrogen-bond acceptors (Lipinski definition) is 2. The fourth-order valence-corrected chi connectivity index (χ4v) is 2.17. The molecule has 0 aliphatic heterocycles. The second-order valence-corrected chi connectivity index (χ2v) is 5.38. The van der Waals surface area contributed by atoms with Crippen LogP contribution < -0.4 is 10.6 Å². The quantitative estimate of drug-likeness (QED) is 0.910. The molecule has 0 unspecified atom stereocenters. The average Bonchev–Trinajstić information content (AvgIpc) is 2.48. The van der Waals surface area contributed by atoms with E-state index in [-0.39, 0.29) is 11.8 Å². The Morgan fingerprint density at radius 1 is 1.00 bits per heavy atom. The summed E-state index contributed by atoms with van der Waals surface area (Å²) in [5, 5.41) is 5.63. The highest BCUT2D eigenvalue weighted by Gasteiger charge is 2.08. The molecule has 22 heavy (non-hydrogen) atoms. The normalized spacial score (nSPS) is 10.1. The lowest BCUT2D eigenvalue weighted by Gasteiger charge is -2.09. The van der Waals surface area contributed by atoms with E-state index >= 15 is 0 Å². The standard InChI is InChI=1S/C18H20N2O2/c1-12-4-5-13(2)17(10-12)18(22)19-11-15-6-8-16(9-7-15)20-14(3)21/h4-10H,11H2,1-3H3,(H,19,22)(H,20,21). The first-order valence-electron chi connectivity index (χ1n) is 7.17. The second kappa shape index (κ2) is 6.89. The third-order valence-corrected chi connectivity index (χ3v) is 3.37. The fraction of sp³-hybridized carbons (Fsp3) is 0.222. The van der Waals surface area contributed by atoms with Gasteiger partial charge in [-0.05, 0) is 43.2 Å². The predicted octanol–water partition coefficient (Wildman–Crippen LogP) is 3.19. The molecule has 0 atom stereocenters. The topological polar surface area (TPSA) is 58.2 Å². The van der Waals surface area contributed by atoms with Crippen LogP contribution in [0, 0.1) is 13.8 Å². The van der Waals surface area contributed by atoms with Crippen LogP contribution in [0.2, 0.25) is 0 Å². The zero-order chi connectivity index (χ0) is 16.1. The molecule has 114 valence electrons. The summed E-state index contributed by atoms with van der Waals surface area (Å²) in [5.41, 5.74) is 4.46. The van der Waals surface area contributed by atoms with E-state index < -0.39 is 0 Å². The number of benzene rings is 2. The molecular formula is C18H20N2O2. The lowest BCUT2D eigenvalue weighted by molar-refractivity contribution is -0.114. The number of carbonyl (C=O) groups is 2. The molecule has 2 aromatic rings. The number of nitrogens with one attached hydrogen (secondary N) is 2. The van der Waals surface area contributed by atoms with Crippen LogP contribution in [0.4, 0.5) is 5.69 Å². The van der Waals surface area contributed by atoms with Crippen molar-refractivity contribution in [2.75, 3.05) is 5.32 Å². The number of rotatable bonds is 4. The molecule has 0 aliphatic carbocycles. The second-order valence-electron chi connectivity index (χ2n) is 5.38. The van der Waals surface area contributed by atoms with E-state index in [2.05, 4.69) is 10.6 Å².